The summed E-state index contributed by atoms with van der Waals surface area (Å²) in [4.78, 5) is 17.4. The molecule has 150 valence electrons. The van der Waals surface area contributed by atoms with Crippen LogP contribution < -0.4 is 10.2 Å². The van der Waals surface area contributed by atoms with E-state index < -0.39 is 0 Å². The van der Waals surface area contributed by atoms with Crippen molar-refractivity contribution < 1.29 is 9.21 Å². The van der Waals surface area contributed by atoms with E-state index in [1.807, 2.05) is 24.3 Å². The Kier molecular flexibility index (Phi) is 5.88. The van der Waals surface area contributed by atoms with Gasteiger partial charge in [0.25, 0.3) is 5.91 Å². The van der Waals surface area contributed by atoms with Gasteiger partial charge in [0.2, 0.25) is 0 Å². The number of hydrogen-bond donors (Lipinski definition) is 1. The van der Waals surface area contributed by atoms with Crippen molar-refractivity contribution in [1.29, 1.82) is 0 Å². The molecule has 1 aliphatic rings. The molecule has 1 amide bonds. The van der Waals surface area contributed by atoms with E-state index in [0.717, 1.165) is 44.0 Å². The molecule has 1 N–H and O–H groups in total. The van der Waals surface area contributed by atoms with Gasteiger partial charge in [-0.25, -0.2) is 0 Å². The maximum atomic E-state index is 12.5. The molecule has 1 aromatic heterocycles. The summed E-state index contributed by atoms with van der Waals surface area (Å²) in [5.74, 6) is 0.637. The van der Waals surface area contributed by atoms with Crippen LogP contribution in [-0.4, -0.2) is 43.5 Å². The zero-order valence-corrected chi connectivity index (χ0v) is 17.2. The van der Waals surface area contributed by atoms with Gasteiger partial charge in [-0.1, -0.05) is 18.5 Å². The number of furan rings is 1. The number of carbonyl (C=O) groups is 1. The third kappa shape index (κ3) is 4.63. The Labute approximate surface area is 175 Å². The summed E-state index contributed by atoms with van der Waals surface area (Å²) in [6.45, 7) is 7.53. The molecule has 0 aliphatic carbocycles. The van der Waals surface area contributed by atoms with Crippen LogP contribution in [-0.2, 0) is 0 Å². The molecule has 0 bridgehead atoms. The molecule has 0 unspecified atom stereocenters. The van der Waals surface area contributed by atoms with Crippen molar-refractivity contribution in [3.05, 3.63) is 71.4 Å². The van der Waals surface area contributed by atoms with Crippen molar-refractivity contribution in [2.45, 2.75) is 6.92 Å². The van der Waals surface area contributed by atoms with Crippen LogP contribution in [0, 0.1) is 0 Å². The third-order valence-corrected chi connectivity index (χ3v) is 5.52. The number of rotatable bonds is 5. The van der Waals surface area contributed by atoms with E-state index in [-0.39, 0.29) is 11.7 Å². The zero-order chi connectivity index (χ0) is 20.2. The van der Waals surface area contributed by atoms with E-state index in [1.165, 1.54) is 5.69 Å². The summed E-state index contributed by atoms with van der Waals surface area (Å²) >= 11 is 5.92. The molecule has 4 rings (SSSR count). The van der Waals surface area contributed by atoms with Gasteiger partial charge >= 0.3 is 0 Å². The lowest BCUT2D eigenvalue weighted by atomic mass is 10.2. The fourth-order valence-electron chi connectivity index (χ4n) is 3.50. The number of amides is 1. The highest BCUT2D eigenvalue weighted by atomic mass is 35.5. The van der Waals surface area contributed by atoms with Gasteiger partial charge < -0.3 is 19.5 Å². The Bertz CT molecular complexity index is 959. The highest BCUT2D eigenvalue weighted by Gasteiger charge is 2.16. The van der Waals surface area contributed by atoms with Crippen molar-refractivity contribution in [1.82, 2.24) is 4.90 Å². The quantitative estimate of drug-likeness (QED) is 0.644. The number of benzene rings is 2. The van der Waals surface area contributed by atoms with Gasteiger partial charge in [0.1, 0.15) is 5.76 Å². The first-order valence-electron chi connectivity index (χ1n) is 9.87. The van der Waals surface area contributed by atoms with Gasteiger partial charge in [0.05, 0.1) is 0 Å². The molecule has 0 radical (unpaired) electrons. The van der Waals surface area contributed by atoms with Crippen molar-refractivity contribution in [2.75, 3.05) is 42.9 Å². The fourth-order valence-corrected chi connectivity index (χ4v) is 3.63. The molecule has 29 heavy (non-hydrogen) atoms. The van der Waals surface area contributed by atoms with Crippen LogP contribution in [0.15, 0.2) is 65.1 Å². The number of halogens is 1. The lowest BCUT2D eigenvalue weighted by molar-refractivity contribution is 0.0997. The smallest absolute Gasteiger partial charge is 0.291 e. The van der Waals surface area contributed by atoms with Gasteiger partial charge in [0.15, 0.2) is 5.76 Å². The second-order valence-electron chi connectivity index (χ2n) is 7.09. The van der Waals surface area contributed by atoms with Crippen molar-refractivity contribution >= 4 is 28.9 Å². The number of nitrogens with one attached hydrogen (secondary N) is 1. The highest BCUT2D eigenvalue weighted by Crippen LogP contribution is 2.25. The standard InChI is InChI=1S/C23H24ClN3O2/c1-2-26-13-15-27(16-14-26)20-9-7-19(8-10-20)25-23(28)22-12-11-21(29-22)17-3-5-18(24)6-4-17/h3-12H,2,13-16H2,1H3,(H,25,28). The average Bonchev–Trinajstić information content (AvgIpc) is 3.25. The number of carbonyl (C=O) groups excluding carboxylic acids is 1. The second kappa shape index (κ2) is 8.72. The Morgan fingerprint density at radius 1 is 0.966 bits per heavy atom. The minimum absolute atomic E-state index is 0.269. The molecule has 6 heteroatoms. The molecule has 0 spiro atoms. The van der Waals surface area contributed by atoms with E-state index >= 15 is 0 Å². The van der Waals surface area contributed by atoms with Crippen LogP contribution in [0.3, 0.4) is 0 Å². The fraction of sp³-hybridized carbons (Fsp3) is 0.261. The zero-order valence-electron chi connectivity index (χ0n) is 16.4. The van der Waals surface area contributed by atoms with E-state index in [9.17, 15) is 4.79 Å². The topological polar surface area (TPSA) is 48.7 Å². The second-order valence-corrected chi connectivity index (χ2v) is 7.53. The molecular weight excluding hydrogens is 386 g/mol. The molecule has 1 fully saturated rings. The minimum Gasteiger partial charge on any atom is -0.451 e. The highest BCUT2D eigenvalue weighted by molar-refractivity contribution is 6.30. The first-order chi connectivity index (χ1) is 14.1. The molecule has 1 aliphatic heterocycles. The first-order valence-corrected chi connectivity index (χ1v) is 10.2. The van der Waals surface area contributed by atoms with E-state index in [2.05, 4.69) is 34.2 Å². The molecule has 3 aromatic rings. The number of nitrogens with zero attached hydrogens (tertiary/aromatic N) is 2. The molecular formula is C23H24ClN3O2. The Balaban J connectivity index is 1.38. The van der Waals surface area contributed by atoms with Crippen LogP contribution in [0.25, 0.3) is 11.3 Å². The van der Waals surface area contributed by atoms with Crippen molar-refractivity contribution in [3.63, 3.8) is 0 Å². The molecule has 5 nitrogen and oxygen atoms in total. The summed E-state index contributed by atoms with van der Waals surface area (Å²) in [6.07, 6.45) is 0. The third-order valence-electron chi connectivity index (χ3n) is 5.27. The van der Waals surface area contributed by atoms with E-state index in [4.69, 9.17) is 16.0 Å². The minimum atomic E-state index is -0.269. The summed E-state index contributed by atoms with van der Waals surface area (Å²) in [5.41, 5.74) is 2.80. The Morgan fingerprint density at radius 2 is 1.66 bits per heavy atom. The predicted molar refractivity (Wildman–Crippen MR) is 118 cm³/mol. The van der Waals surface area contributed by atoms with Crippen LogP contribution in [0.2, 0.25) is 5.02 Å². The average molecular weight is 410 g/mol. The van der Waals surface area contributed by atoms with Gasteiger partial charge in [-0.3, -0.25) is 4.79 Å². The van der Waals surface area contributed by atoms with E-state index in [0.29, 0.717) is 10.8 Å². The van der Waals surface area contributed by atoms with Crippen LogP contribution in [0.5, 0.6) is 0 Å². The molecule has 0 saturated carbocycles. The number of anilines is 2. The normalized spacial score (nSPS) is 14.8. The monoisotopic (exact) mass is 409 g/mol. The lowest BCUT2D eigenvalue weighted by Gasteiger charge is -2.35. The molecule has 2 heterocycles. The number of hydrogen-bond acceptors (Lipinski definition) is 4. The molecule has 2 aromatic carbocycles. The van der Waals surface area contributed by atoms with Crippen LogP contribution >= 0.6 is 11.6 Å². The Morgan fingerprint density at radius 3 is 2.31 bits per heavy atom. The van der Waals surface area contributed by atoms with Gasteiger partial charge in [-0.05, 0) is 67.2 Å². The van der Waals surface area contributed by atoms with Gasteiger partial charge in [-0.15, -0.1) is 0 Å². The first kappa shape index (κ1) is 19.6. The van der Waals surface area contributed by atoms with Gasteiger partial charge in [-0.2, -0.15) is 0 Å². The SMILES string of the molecule is CCN1CCN(c2ccc(NC(=O)c3ccc(-c4ccc(Cl)cc4)o3)cc2)CC1. The molecule has 1 saturated heterocycles. The van der Waals surface area contributed by atoms with Crippen molar-refractivity contribution in [2.24, 2.45) is 0 Å². The molecule has 0 atom stereocenters. The maximum absolute atomic E-state index is 12.5. The van der Waals surface area contributed by atoms with Gasteiger partial charge in [0, 0.05) is 48.1 Å². The lowest BCUT2D eigenvalue weighted by Crippen LogP contribution is -2.46. The number of piperazine rings is 1. The summed E-state index contributed by atoms with van der Waals surface area (Å²) in [7, 11) is 0. The summed E-state index contributed by atoms with van der Waals surface area (Å²) in [5, 5.41) is 3.56. The number of likely N-dealkylation sites (N-methyl/N-ethyl adjacent to an activating group) is 1. The largest absolute Gasteiger partial charge is 0.451 e. The maximum Gasteiger partial charge on any atom is 0.291 e. The van der Waals surface area contributed by atoms with E-state index in [1.54, 1.807) is 24.3 Å². The van der Waals surface area contributed by atoms with Crippen LogP contribution in [0.1, 0.15) is 17.5 Å². The Hall–Kier alpha value is -2.76. The predicted octanol–water partition coefficient (Wildman–Crippen LogP) is 4.99. The van der Waals surface area contributed by atoms with Crippen molar-refractivity contribution in [3.8, 4) is 11.3 Å². The summed E-state index contributed by atoms with van der Waals surface area (Å²) in [6, 6.07) is 18.8. The van der Waals surface area contributed by atoms with Crippen LogP contribution in [0.4, 0.5) is 11.4 Å². The summed E-state index contributed by atoms with van der Waals surface area (Å²) < 4.78 is 5.72.